The topological polar surface area (TPSA) is 84.9 Å². The highest BCUT2D eigenvalue weighted by Gasteiger charge is 2.36. The number of anilines is 2. The molecule has 1 N–H and O–H groups in total. The van der Waals surface area contributed by atoms with Gasteiger partial charge in [0.15, 0.2) is 0 Å². The van der Waals surface area contributed by atoms with E-state index in [2.05, 4.69) is 5.32 Å². The third-order valence-corrected chi connectivity index (χ3v) is 4.76. The quantitative estimate of drug-likeness (QED) is 0.758. The van der Waals surface area contributed by atoms with Crippen molar-refractivity contribution in [3.05, 3.63) is 53.6 Å². The van der Waals surface area contributed by atoms with Crippen molar-refractivity contribution >= 4 is 29.2 Å². The first-order valence-corrected chi connectivity index (χ1v) is 9.46. The average molecular weight is 396 g/mol. The van der Waals surface area contributed by atoms with Crippen LogP contribution in [-0.2, 0) is 14.3 Å². The van der Waals surface area contributed by atoms with E-state index in [0.717, 1.165) is 5.56 Å². The second-order valence-corrected chi connectivity index (χ2v) is 6.87. The minimum atomic E-state index is -0.501. The molecule has 0 bridgehead atoms. The van der Waals surface area contributed by atoms with Gasteiger partial charge in [-0.15, -0.1) is 0 Å². The summed E-state index contributed by atoms with van der Waals surface area (Å²) in [4.78, 5) is 38.8. The van der Waals surface area contributed by atoms with Crippen molar-refractivity contribution in [1.82, 2.24) is 0 Å². The van der Waals surface area contributed by atoms with Crippen LogP contribution in [0.5, 0.6) is 5.75 Å². The number of nitrogens with one attached hydrogen (secondary N) is 1. The van der Waals surface area contributed by atoms with Crippen molar-refractivity contribution in [3.8, 4) is 5.75 Å². The van der Waals surface area contributed by atoms with Gasteiger partial charge in [0.05, 0.1) is 30.9 Å². The number of carbonyl (C=O) groups excluding carboxylic acids is 3. The normalized spacial score (nSPS) is 15.9. The van der Waals surface area contributed by atoms with Crippen molar-refractivity contribution in [1.29, 1.82) is 0 Å². The van der Waals surface area contributed by atoms with Crippen LogP contribution in [-0.4, -0.2) is 38.0 Å². The highest BCUT2D eigenvalue weighted by molar-refractivity contribution is 6.04. The molecule has 3 rings (SSSR count). The SMILES string of the molecule is CCOC(=O)c1cccc(NC(=O)C2CC(=O)N(c3cc(C)ccc3OC)C2)c1. The largest absolute Gasteiger partial charge is 0.495 e. The molecule has 1 aliphatic heterocycles. The van der Waals surface area contributed by atoms with E-state index in [0.29, 0.717) is 22.7 Å². The molecule has 0 radical (unpaired) electrons. The summed E-state index contributed by atoms with van der Waals surface area (Å²) in [6.45, 7) is 4.21. The smallest absolute Gasteiger partial charge is 0.338 e. The zero-order valence-electron chi connectivity index (χ0n) is 16.7. The number of nitrogens with zero attached hydrogens (tertiary/aromatic N) is 1. The van der Waals surface area contributed by atoms with Crippen molar-refractivity contribution < 1.29 is 23.9 Å². The van der Waals surface area contributed by atoms with E-state index in [1.165, 1.54) is 0 Å². The van der Waals surface area contributed by atoms with Crippen LogP contribution < -0.4 is 15.0 Å². The van der Waals surface area contributed by atoms with Crippen molar-refractivity contribution in [2.75, 3.05) is 30.5 Å². The fraction of sp³-hybridized carbons (Fsp3) is 0.318. The number of methoxy groups -OCH3 is 1. The van der Waals surface area contributed by atoms with Gasteiger partial charge in [0, 0.05) is 18.7 Å². The van der Waals surface area contributed by atoms with Gasteiger partial charge < -0.3 is 19.7 Å². The molecule has 1 fully saturated rings. The second-order valence-electron chi connectivity index (χ2n) is 6.87. The van der Waals surface area contributed by atoms with Crippen LogP contribution >= 0.6 is 0 Å². The maximum Gasteiger partial charge on any atom is 0.338 e. The molecule has 2 aromatic rings. The number of hydrogen-bond donors (Lipinski definition) is 1. The van der Waals surface area contributed by atoms with Crippen LogP contribution in [0, 0.1) is 12.8 Å². The van der Waals surface area contributed by atoms with Gasteiger partial charge in [0.2, 0.25) is 11.8 Å². The lowest BCUT2D eigenvalue weighted by molar-refractivity contribution is -0.122. The lowest BCUT2D eigenvalue weighted by atomic mass is 10.1. The Labute approximate surface area is 169 Å². The van der Waals surface area contributed by atoms with Gasteiger partial charge in [-0.05, 0) is 49.7 Å². The predicted molar refractivity (Wildman–Crippen MR) is 109 cm³/mol. The number of esters is 1. The molecule has 1 unspecified atom stereocenters. The standard InChI is InChI=1S/C22H24N2O5/c1-4-29-22(27)15-6-5-7-17(11-15)23-21(26)16-12-20(25)24(13-16)18-10-14(2)8-9-19(18)28-3/h5-11,16H,4,12-13H2,1-3H3,(H,23,26). The van der Waals surface area contributed by atoms with E-state index in [9.17, 15) is 14.4 Å². The molecule has 1 aliphatic rings. The Balaban J connectivity index is 1.72. The summed E-state index contributed by atoms with van der Waals surface area (Å²) >= 11 is 0. The van der Waals surface area contributed by atoms with E-state index in [1.807, 2.05) is 25.1 Å². The predicted octanol–water partition coefficient (Wildman–Crippen LogP) is 3.17. The Morgan fingerprint density at radius 1 is 1.21 bits per heavy atom. The summed E-state index contributed by atoms with van der Waals surface area (Å²) in [6, 6.07) is 12.1. The summed E-state index contributed by atoms with van der Waals surface area (Å²) < 4.78 is 10.4. The number of benzene rings is 2. The highest BCUT2D eigenvalue weighted by Crippen LogP contribution is 2.34. The molecule has 1 atom stereocenters. The average Bonchev–Trinajstić information content (AvgIpc) is 3.10. The Hall–Kier alpha value is -3.35. The van der Waals surface area contributed by atoms with E-state index >= 15 is 0 Å². The summed E-state index contributed by atoms with van der Waals surface area (Å²) in [5.74, 6) is -0.758. The maximum absolute atomic E-state index is 12.7. The van der Waals surface area contributed by atoms with Crippen molar-refractivity contribution in [2.24, 2.45) is 5.92 Å². The first-order chi connectivity index (χ1) is 13.9. The molecular weight excluding hydrogens is 372 g/mol. The number of amides is 2. The molecular formula is C22H24N2O5. The van der Waals surface area contributed by atoms with Crippen molar-refractivity contribution in [3.63, 3.8) is 0 Å². The first-order valence-electron chi connectivity index (χ1n) is 9.46. The molecule has 2 aromatic carbocycles. The molecule has 29 heavy (non-hydrogen) atoms. The second kappa shape index (κ2) is 8.77. The van der Waals surface area contributed by atoms with Gasteiger partial charge in [0.25, 0.3) is 0 Å². The fourth-order valence-corrected chi connectivity index (χ4v) is 3.31. The minimum absolute atomic E-state index is 0.112. The van der Waals surface area contributed by atoms with Crippen molar-refractivity contribution in [2.45, 2.75) is 20.3 Å². The van der Waals surface area contributed by atoms with Crippen LogP contribution in [0.2, 0.25) is 0 Å². The zero-order valence-corrected chi connectivity index (χ0v) is 16.7. The van der Waals surface area contributed by atoms with Gasteiger partial charge >= 0.3 is 5.97 Å². The van der Waals surface area contributed by atoms with Gasteiger partial charge in [-0.1, -0.05) is 12.1 Å². The molecule has 1 heterocycles. The van der Waals surface area contributed by atoms with Crippen LogP contribution in [0.4, 0.5) is 11.4 Å². The van der Waals surface area contributed by atoms with Crippen LogP contribution in [0.15, 0.2) is 42.5 Å². The molecule has 0 aliphatic carbocycles. The molecule has 152 valence electrons. The summed E-state index contributed by atoms with van der Waals surface area (Å²) in [5.41, 5.74) is 2.51. The zero-order chi connectivity index (χ0) is 21.0. The van der Waals surface area contributed by atoms with Gasteiger partial charge in [0.1, 0.15) is 5.75 Å². The summed E-state index contributed by atoms with van der Waals surface area (Å²) in [6.07, 6.45) is 0.112. The summed E-state index contributed by atoms with van der Waals surface area (Å²) in [7, 11) is 1.55. The van der Waals surface area contributed by atoms with E-state index in [1.54, 1.807) is 43.2 Å². The Kier molecular flexibility index (Phi) is 6.16. The van der Waals surface area contributed by atoms with Crippen LogP contribution in [0.25, 0.3) is 0 Å². The minimum Gasteiger partial charge on any atom is -0.495 e. The molecule has 7 heteroatoms. The van der Waals surface area contributed by atoms with Gasteiger partial charge in [-0.2, -0.15) is 0 Å². The summed E-state index contributed by atoms with van der Waals surface area (Å²) in [5, 5.41) is 2.80. The molecule has 7 nitrogen and oxygen atoms in total. The first kappa shape index (κ1) is 20.4. The Bertz CT molecular complexity index is 941. The third kappa shape index (κ3) is 4.56. The Morgan fingerprint density at radius 2 is 2.00 bits per heavy atom. The molecule has 0 saturated carbocycles. The third-order valence-electron chi connectivity index (χ3n) is 4.76. The van der Waals surface area contributed by atoms with E-state index in [4.69, 9.17) is 9.47 Å². The number of hydrogen-bond acceptors (Lipinski definition) is 5. The number of aryl methyl sites for hydroxylation is 1. The maximum atomic E-state index is 12.7. The van der Waals surface area contributed by atoms with Crippen LogP contribution in [0.1, 0.15) is 29.3 Å². The number of carbonyl (C=O) groups is 3. The van der Waals surface area contributed by atoms with E-state index < -0.39 is 11.9 Å². The fourth-order valence-electron chi connectivity index (χ4n) is 3.31. The number of ether oxygens (including phenoxy) is 2. The lowest BCUT2D eigenvalue weighted by Gasteiger charge is -2.20. The lowest BCUT2D eigenvalue weighted by Crippen LogP contribution is -2.28. The van der Waals surface area contributed by atoms with E-state index in [-0.39, 0.29) is 31.4 Å². The van der Waals surface area contributed by atoms with Gasteiger partial charge in [-0.3, -0.25) is 9.59 Å². The Morgan fingerprint density at radius 3 is 2.72 bits per heavy atom. The molecule has 0 aromatic heterocycles. The van der Waals surface area contributed by atoms with Crippen LogP contribution in [0.3, 0.4) is 0 Å². The molecule has 1 saturated heterocycles. The highest BCUT2D eigenvalue weighted by atomic mass is 16.5. The number of rotatable bonds is 6. The molecule has 0 spiro atoms. The molecule has 2 amide bonds. The van der Waals surface area contributed by atoms with Gasteiger partial charge in [-0.25, -0.2) is 4.79 Å². The monoisotopic (exact) mass is 396 g/mol.